The predicted molar refractivity (Wildman–Crippen MR) is 46.7 cm³/mol. The number of likely N-dealkylation sites (tertiary alicyclic amines) is 1. The van der Waals surface area contributed by atoms with Gasteiger partial charge in [0.05, 0.1) is 5.92 Å². The van der Waals surface area contributed by atoms with Crippen LogP contribution in [0, 0.1) is 11.8 Å². The van der Waals surface area contributed by atoms with Crippen LogP contribution in [0.4, 0.5) is 0 Å². The lowest BCUT2D eigenvalue weighted by atomic mass is 9.84. The van der Waals surface area contributed by atoms with Crippen LogP contribution in [0.1, 0.15) is 13.3 Å². The molecule has 2 saturated heterocycles. The van der Waals surface area contributed by atoms with Crippen LogP contribution in [0.2, 0.25) is 0 Å². The van der Waals surface area contributed by atoms with Crippen molar-refractivity contribution in [2.75, 3.05) is 20.1 Å². The van der Waals surface area contributed by atoms with Gasteiger partial charge < -0.3 is 10.2 Å². The molecule has 2 rings (SSSR count). The van der Waals surface area contributed by atoms with Gasteiger partial charge in [-0.05, 0) is 25.8 Å². The van der Waals surface area contributed by atoms with E-state index in [1.807, 2.05) is 11.9 Å². The molecule has 0 aliphatic carbocycles. The maximum Gasteiger partial charge on any atom is 0.227 e. The summed E-state index contributed by atoms with van der Waals surface area (Å²) in [6.45, 7) is 4.06. The summed E-state index contributed by atoms with van der Waals surface area (Å²) in [5, 5.41) is 3.29. The number of hydrogen-bond donors (Lipinski definition) is 1. The highest BCUT2D eigenvalue weighted by atomic mass is 16.2. The standard InChI is InChI=1S/C9H16N2O/c1-6-3-7-4-10-5-8(7)9(12)11(6)2/h6-8,10H,3-5H2,1-2H3. The van der Waals surface area contributed by atoms with Crippen molar-refractivity contribution in [1.82, 2.24) is 10.2 Å². The number of hydrogen-bond acceptors (Lipinski definition) is 2. The van der Waals surface area contributed by atoms with E-state index in [4.69, 9.17) is 0 Å². The average Bonchev–Trinajstić information content (AvgIpc) is 2.48. The summed E-state index contributed by atoms with van der Waals surface area (Å²) in [4.78, 5) is 13.6. The summed E-state index contributed by atoms with van der Waals surface area (Å²) in [5.74, 6) is 1.21. The zero-order chi connectivity index (χ0) is 8.72. The molecule has 3 atom stereocenters. The van der Waals surface area contributed by atoms with Crippen molar-refractivity contribution in [3.05, 3.63) is 0 Å². The summed E-state index contributed by atoms with van der Waals surface area (Å²) in [7, 11) is 1.92. The van der Waals surface area contributed by atoms with Crippen molar-refractivity contribution in [1.29, 1.82) is 0 Å². The first-order chi connectivity index (χ1) is 5.70. The first-order valence-corrected chi connectivity index (χ1v) is 4.67. The molecule has 0 saturated carbocycles. The number of nitrogens with one attached hydrogen (secondary N) is 1. The maximum absolute atomic E-state index is 11.7. The second-order valence-electron chi connectivity index (χ2n) is 4.06. The normalized spacial score (nSPS) is 41.7. The van der Waals surface area contributed by atoms with Gasteiger partial charge in [0.2, 0.25) is 5.91 Å². The van der Waals surface area contributed by atoms with Crippen LogP contribution in [0.5, 0.6) is 0 Å². The number of rotatable bonds is 0. The van der Waals surface area contributed by atoms with Crippen molar-refractivity contribution < 1.29 is 4.79 Å². The average molecular weight is 168 g/mol. The molecule has 3 unspecified atom stereocenters. The highest BCUT2D eigenvalue weighted by Gasteiger charge is 2.40. The van der Waals surface area contributed by atoms with Crippen molar-refractivity contribution in [2.24, 2.45) is 11.8 Å². The molecular formula is C9H16N2O. The number of nitrogens with zero attached hydrogens (tertiary/aromatic N) is 1. The largest absolute Gasteiger partial charge is 0.343 e. The molecule has 3 nitrogen and oxygen atoms in total. The number of carbonyl (C=O) groups excluding carboxylic acids is 1. The van der Waals surface area contributed by atoms with Crippen molar-refractivity contribution in [3.8, 4) is 0 Å². The van der Waals surface area contributed by atoms with Gasteiger partial charge in [0.25, 0.3) is 0 Å². The van der Waals surface area contributed by atoms with E-state index in [1.165, 1.54) is 6.42 Å². The fourth-order valence-electron chi connectivity index (χ4n) is 2.34. The predicted octanol–water partition coefficient (Wildman–Crippen LogP) is 0.0726. The maximum atomic E-state index is 11.7. The second kappa shape index (κ2) is 2.73. The van der Waals surface area contributed by atoms with E-state index in [9.17, 15) is 4.79 Å². The monoisotopic (exact) mass is 168 g/mol. The van der Waals surface area contributed by atoms with Crippen LogP contribution >= 0.6 is 0 Å². The lowest BCUT2D eigenvalue weighted by molar-refractivity contribution is -0.140. The number of amides is 1. The first-order valence-electron chi connectivity index (χ1n) is 4.67. The van der Waals surface area contributed by atoms with Crippen LogP contribution in [-0.2, 0) is 4.79 Å². The van der Waals surface area contributed by atoms with Gasteiger partial charge in [-0.2, -0.15) is 0 Å². The Balaban J connectivity index is 2.16. The molecule has 1 amide bonds. The highest BCUT2D eigenvalue weighted by Crippen LogP contribution is 2.30. The Morgan fingerprint density at radius 2 is 2.25 bits per heavy atom. The van der Waals surface area contributed by atoms with Crippen LogP contribution in [0.3, 0.4) is 0 Å². The molecule has 2 fully saturated rings. The van der Waals surface area contributed by atoms with Crippen molar-refractivity contribution in [3.63, 3.8) is 0 Å². The number of piperidine rings is 1. The molecule has 0 aromatic rings. The molecule has 3 heteroatoms. The summed E-state index contributed by atoms with van der Waals surface area (Å²) in [5.41, 5.74) is 0. The second-order valence-corrected chi connectivity index (χ2v) is 4.06. The molecule has 12 heavy (non-hydrogen) atoms. The van der Waals surface area contributed by atoms with Gasteiger partial charge >= 0.3 is 0 Å². The van der Waals surface area contributed by atoms with Crippen LogP contribution in [0.25, 0.3) is 0 Å². The molecule has 0 aromatic carbocycles. The van der Waals surface area contributed by atoms with Gasteiger partial charge in [-0.25, -0.2) is 0 Å². The van der Waals surface area contributed by atoms with Crippen molar-refractivity contribution in [2.45, 2.75) is 19.4 Å². The zero-order valence-corrected chi connectivity index (χ0v) is 7.71. The van der Waals surface area contributed by atoms with Crippen LogP contribution in [-0.4, -0.2) is 37.0 Å². The van der Waals surface area contributed by atoms with E-state index in [2.05, 4.69) is 12.2 Å². The topological polar surface area (TPSA) is 32.3 Å². The quantitative estimate of drug-likeness (QED) is 0.555. The van der Waals surface area contributed by atoms with Gasteiger partial charge in [0.1, 0.15) is 0 Å². The molecule has 0 radical (unpaired) electrons. The fraction of sp³-hybridized carbons (Fsp3) is 0.889. The van der Waals surface area contributed by atoms with Gasteiger partial charge in [0.15, 0.2) is 0 Å². The number of fused-ring (bicyclic) bond motifs is 1. The molecule has 2 aliphatic heterocycles. The van der Waals surface area contributed by atoms with Gasteiger partial charge in [-0.15, -0.1) is 0 Å². The summed E-state index contributed by atoms with van der Waals surface area (Å²) in [6, 6.07) is 0.429. The molecule has 0 spiro atoms. The lowest BCUT2D eigenvalue weighted by Crippen LogP contribution is -2.47. The Morgan fingerprint density at radius 3 is 3.00 bits per heavy atom. The minimum absolute atomic E-state index is 0.270. The van der Waals surface area contributed by atoms with Crippen LogP contribution in [0.15, 0.2) is 0 Å². The van der Waals surface area contributed by atoms with E-state index in [0.717, 1.165) is 13.1 Å². The third-order valence-electron chi connectivity index (χ3n) is 3.31. The minimum Gasteiger partial charge on any atom is -0.343 e. The van der Waals surface area contributed by atoms with Gasteiger partial charge in [-0.3, -0.25) is 4.79 Å². The Kier molecular flexibility index (Phi) is 1.83. The van der Waals surface area contributed by atoms with E-state index >= 15 is 0 Å². The fourth-order valence-corrected chi connectivity index (χ4v) is 2.34. The number of carbonyl (C=O) groups is 1. The molecular weight excluding hydrogens is 152 g/mol. The van der Waals surface area contributed by atoms with E-state index < -0.39 is 0 Å². The van der Waals surface area contributed by atoms with Crippen molar-refractivity contribution >= 4 is 5.91 Å². The van der Waals surface area contributed by atoms with Gasteiger partial charge in [-0.1, -0.05) is 0 Å². The lowest BCUT2D eigenvalue weighted by Gasteiger charge is -2.36. The molecule has 0 aromatic heterocycles. The summed E-state index contributed by atoms with van der Waals surface area (Å²) >= 11 is 0. The first kappa shape index (κ1) is 8.05. The molecule has 0 bridgehead atoms. The van der Waals surface area contributed by atoms with E-state index in [-0.39, 0.29) is 5.92 Å². The zero-order valence-electron chi connectivity index (χ0n) is 7.71. The highest BCUT2D eigenvalue weighted by molar-refractivity contribution is 5.80. The minimum atomic E-state index is 0.270. The van der Waals surface area contributed by atoms with E-state index in [1.54, 1.807) is 0 Å². The Hall–Kier alpha value is -0.570. The molecule has 2 heterocycles. The third-order valence-corrected chi connectivity index (χ3v) is 3.31. The summed E-state index contributed by atoms with van der Waals surface area (Å²) < 4.78 is 0. The molecule has 1 N–H and O–H groups in total. The van der Waals surface area contributed by atoms with Crippen LogP contribution < -0.4 is 5.32 Å². The molecule has 2 aliphatic rings. The Labute approximate surface area is 73.1 Å². The smallest absolute Gasteiger partial charge is 0.227 e. The van der Waals surface area contributed by atoms with Gasteiger partial charge in [0, 0.05) is 19.6 Å². The Bertz CT molecular complexity index is 205. The third kappa shape index (κ3) is 1.04. The SMILES string of the molecule is CC1CC2CNCC2C(=O)N1C. The summed E-state index contributed by atoms with van der Waals surface area (Å²) in [6.07, 6.45) is 1.17. The molecule has 68 valence electrons. The van der Waals surface area contributed by atoms with E-state index in [0.29, 0.717) is 17.9 Å². The Morgan fingerprint density at radius 1 is 1.50 bits per heavy atom.